The number of alkyl halides is 3. The third-order valence-corrected chi connectivity index (χ3v) is 6.77. The van der Waals surface area contributed by atoms with E-state index in [1.165, 1.54) is 12.1 Å². The highest BCUT2D eigenvalue weighted by Crippen LogP contribution is 2.27. The zero-order chi connectivity index (χ0) is 27.1. The van der Waals surface area contributed by atoms with E-state index < -0.39 is 22.2 Å². The van der Waals surface area contributed by atoms with Crippen molar-refractivity contribution in [3.05, 3.63) is 52.5 Å². The monoisotopic (exact) mass is 550 g/mol. The van der Waals surface area contributed by atoms with Gasteiger partial charge in [-0.1, -0.05) is 17.7 Å². The molecule has 2 aromatic rings. The summed E-state index contributed by atoms with van der Waals surface area (Å²) in [4.78, 5) is 23.7. The predicted octanol–water partition coefficient (Wildman–Crippen LogP) is 3.24. The van der Waals surface area contributed by atoms with Gasteiger partial charge in [0.15, 0.2) is 0 Å². The topological polar surface area (TPSA) is 128 Å². The molecule has 1 saturated heterocycles. The van der Waals surface area contributed by atoms with Crippen LogP contribution in [0.3, 0.4) is 0 Å². The summed E-state index contributed by atoms with van der Waals surface area (Å²) in [5.41, 5.74) is 2.35. The summed E-state index contributed by atoms with van der Waals surface area (Å²) in [6.45, 7) is 7.35. The zero-order valence-corrected chi connectivity index (χ0v) is 21.0. The Kier molecular flexibility index (Phi) is 9.96. The SMILES string of the molecule is CCNC(=O)c1cc(NS(=O)(=O)c2ccc(C)c(Cl)c2)ccc1N1CCNCC1.O=C(O)C(F)(F)F. The number of nitrogens with zero attached hydrogens (tertiary/aromatic N) is 1. The highest BCUT2D eigenvalue weighted by Gasteiger charge is 2.38. The lowest BCUT2D eigenvalue weighted by atomic mass is 10.1. The summed E-state index contributed by atoms with van der Waals surface area (Å²) in [6.07, 6.45) is -5.08. The number of hydrogen-bond donors (Lipinski definition) is 4. The van der Waals surface area contributed by atoms with Crippen molar-refractivity contribution in [3.63, 3.8) is 0 Å². The molecule has 0 aromatic heterocycles. The van der Waals surface area contributed by atoms with Crippen LogP contribution in [0.15, 0.2) is 41.3 Å². The molecule has 4 N–H and O–H groups in total. The third-order valence-electron chi connectivity index (χ3n) is 4.98. The van der Waals surface area contributed by atoms with E-state index in [0.29, 0.717) is 22.8 Å². The minimum Gasteiger partial charge on any atom is -0.475 e. The van der Waals surface area contributed by atoms with Crippen molar-refractivity contribution in [2.75, 3.05) is 42.3 Å². The Morgan fingerprint density at radius 2 is 1.75 bits per heavy atom. The number of amides is 1. The number of carbonyl (C=O) groups is 2. The van der Waals surface area contributed by atoms with Gasteiger partial charge in [-0.15, -0.1) is 0 Å². The summed E-state index contributed by atoms with van der Waals surface area (Å²) in [7, 11) is -3.83. The van der Waals surface area contributed by atoms with Crippen molar-refractivity contribution < 1.29 is 36.3 Å². The van der Waals surface area contributed by atoms with Gasteiger partial charge in [-0.2, -0.15) is 13.2 Å². The van der Waals surface area contributed by atoms with Crippen LogP contribution in [0.5, 0.6) is 0 Å². The van der Waals surface area contributed by atoms with Gasteiger partial charge in [0.2, 0.25) is 0 Å². The van der Waals surface area contributed by atoms with Crippen LogP contribution in [0.4, 0.5) is 24.5 Å². The maximum Gasteiger partial charge on any atom is 0.490 e. The molecule has 0 unspecified atom stereocenters. The minimum atomic E-state index is -5.08. The molecule has 0 aliphatic carbocycles. The lowest BCUT2D eigenvalue weighted by Crippen LogP contribution is -2.44. The van der Waals surface area contributed by atoms with E-state index in [2.05, 4.69) is 20.3 Å². The second-order valence-corrected chi connectivity index (χ2v) is 9.74. The molecule has 0 atom stereocenters. The number of piperazine rings is 1. The third kappa shape index (κ3) is 8.00. The van der Waals surface area contributed by atoms with Gasteiger partial charge in [0.05, 0.1) is 10.5 Å². The van der Waals surface area contributed by atoms with E-state index >= 15 is 0 Å². The van der Waals surface area contributed by atoms with Crippen molar-refractivity contribution in [2.45, 2.75) is 24.9 Å². The average molecular weight is 551 g/mol. The highest BCUT2D eigenvalue weighted by molar-refractivity contribution is 7.92. The first-order valence-electron chi connectivity index (χ1n) is 10.7. The van der Waals surface area contributed by atoms with Crippen molar-refractivity contribution in [2.24, 2.45) is 0 Å². The number of carboxylic acid groups (broad SMARTS) is 1. The largest absolute Gasteiger partial charge is 0.490 e. The summed E-state index contributed by atoms with van der Waals surface area (Å²) in [5.74, 6) is -2.99. The molecule has 0 radical (unpaired) electrons. The average Bonchev–Trinajstić information content (AvgIpc) is 2.81. The molecule has 0 saturated carbocycles. The summed E-state index contributed by atoms with van der Waals surface area (Å²) in [5, 5.41) is 13.6. The Labute approximate surface area is 211 Å². The highest BCUT2D eigenvalue weighted by atomic mass is 35.5. The fourth-order valence-corrected chi connectivity index (χ4v) is 4.49. The van der Waals surface area contributed by atoms with Crippen molar-refractivity contribution in [3.8, 4) is 0 Å². The van der Waals surface area contributed by atoms with Gasteiger partial charge in [-0.3, -0.25) is 9.52 Å². The molecule has 1 amide bonds. The number of sulfonamides is 1. The van der Waals surface area contributed by atoms with E-state index in [1.807, 2.05) is 6.92 Å². The maximum atomic E-state index is 12.8. The van der Waals surface area contributed by atoms with Crippen molar-refractivity contribution in [1.29, 1.82) is 0 Å². The Morgan fingerprint density at radius 3 is 2.28 bits per heavy atom. The molecule has 0 spiro atoms. The molecule has 14 heteroatoms. The molecule has 3 rings (SSSR count). The van der Waals surface area contributed by atoms with E-state index in [1.54, 1.807) is 31.2 Å². The lowest BCUT2D eigenvalue weighted by molar-refractivity contribution is -0.192. The molecule has 198 valence electrons. The fourth-order valence-electron chi connectivity index (χ4n) is 3.17. The van der Waals surface area contributed by atoms with Crippen LogP contribution in [0.1, 0.15) is 22.8 Å². The Morgan fingerprint density at radius 1 is 1.14 bits per heavy atom. The quantitative estimate of drug-likeness (QED) is 0.435. The molecule has 2 aromatic carbocycles. The lowest BCUT2D eigenvalue weighted by Gasteiger charge is -2.31. The predicted molar refractivity (Wildman–Crippen MR) is 130 cm³/mol. The first-order valence-corrected chi connectivity index (χ1v) is 12.6. The van der Waals surface area contributed by atoms with Gasteiger partial charge in [-0.25, -0.2) is 13.2 Å². The van der Waals surface area contributed by atoms with Gasteiger partial charge in [0, 0.05) is 49.1 Å². The van der Waals surface area contributed by atoms with Crippen LogP contribution < -0.4 is 20.3 Å². The molecule has 1 aliphatic heterocycles. The summed E-state index contributed by atoms with van der Waals surface area (Å²) in [6, 6.07) is 9.62. The Balaban J connectivity index is 0.000000572. The number of anilines is 2. The van der Waals surface area contributed by atoms with Crippen LogP contribution >= 0.6 is 11.6 Å². The molecule has 36 heavy (non-hydrogen) atoms. The molecular formula is C22H26ClF3N4O5S. The first-order chi connectivity index (χ1) is 16.8. The van der Waals surface area contributed by atoms with E-state index in [-0.39, 0.29) is 10.8 Å². The number of aryl methyl sites for hydroxylation is 1. The number of nitrogens with one attached hydrogen (secondary N) is 3. The van der Waals surface area contributed by atoms with Gasteiger partial charge < -0.3 is 20.6 Å². The van der Waals surface area contributed by atoms with Gasteiger partial charge in [0.25, 0.3) is 15.9 Å². The fraction of sp³-hybridized carbons (Fsp3) is 0.364. The Hall–Kier alpha value is -3.03. The molecular weight excluding hydrogens is 525 g/mol. The van der Waals surface area contributed by atoms with Crippen LogP contribution in [0.25, 0.3) is 0 Å². The van der Waals surface area contributed by atoms with E-state index in [9.17, 15) is 26.4 Å². The molecule has 1 fully saturated rings. The molecule has 1 heterocycles. The number of carbonyl (C=O) groups excluding carboxylic acids is 1. The Bertz CT molecular complexity index is 1200. The van der Waals surface area contributed by atoms with Crippen LogP contribution in [0.2, 0.25) is 5.02 Å². The molecule has 0 bridgehead atoms. The molecule has 1 aliphatic rings. The van der Waals surface area contributed by atoms with Crippen LogP contribution in [-0.4, -0.2) is 64.3 Å². The molecule has 9 nitrogen and oxygen atoms in total. The number of carboxylic acids is 1. The summed E-state index contributed by atoms with van der Waals surface area (Å²) >= 11 is 6.08. The van der Waals surface area contributed by atoms with Gasteiger partial charge >= 0.3 is 12.1 Å². The number of hydrogen-bond acceptors (Lipinski definition) is 6. The van der Waals surface area contributed by atoms with E-state index in [4.69, 9.17) is 21.5 Å². The van der Waals surface area contributed by atoms with Gasteiger partial charge in [-0.05, 0) is 49.7 Å². The maximum absolute atomic E-state index is 12.8. The van der Waals surface area contributed by atoms with Crippen LogP contribution in [0, 0.1) is 6.92 Å². The number of rotatable bonds is 6. The van der Waals surface area contributed by atoms with Crippen LogP contribution in [-0.2, 0) is 14.8 Å². The standard InChI is InChI=1S/C20H25ClN4O3S.C2HF3O2/c1-3-23-20(26)17-12-15(5-7-19(17)25-10-8-22-9-11-25)24-29(27,28)16-6-4-14(2)18(21)13-16;3-2(4,5)1(6)7/h4-7,12-13,22,24H,3,8-11H2,1-2H3,(H,23,26);(H,6,7). The van der Waals surface area contributed by atoms with E-state index in [0.717, 1.165) is 37.4 Å². The van der Waals surface area contributed by atoms with Crippen molar-refractivity contribution in [1.82, 2.24) is 10.6 Å². The second-order valence-electron chi connectivity index (χ2n) is 7.65. The second kappa shape index (κ2) is 12.3. The first kappa shape index (κ1) is 29.2. The normalized spacial score (nSPS) is 13.9. The minimum absolute atomic E-state index is 0.0684. The van der Waals surface area contributed by atoms with Gasteiger partial charge in [0.1, 0.15) is 0 Å². The number of aliphatic carboxylic acids is 1. The number of halogens is 4. The summed E-state index contributed by atoms with van der Waals surface area (Å²) < 4.78 is 59.8. The smallest absolute Gasteiger partial charge is 0.475 e. The van der Waals surface area contributed by atoms with Crippen molar-refractivity contribution >= 4 is 44.9 Å². The zero-order valence-electron chi connectivity index (χ0n) is 19.4. The number of benzene rings is 2.